The van der Waals surface area contributed by atoms with Crippen LogP contribution in [-0.4, -0.2) is 11.1 Å². The van der Waals surface area contributed by atoms with E-state index in [4.69, 9.17) is 5.11 Å². The summed E-state index contributed by atoms with van der Waals surface area (Å²) in [6.07, 6.45) is 0. The van der Waals surface area contributed by atoms with Crippen molar-refractivity contribution in [3.63, 3.8) is 0 Å². The van der Waals surface area contributed by atoms with E-state index in [1.807, 2.05) is 30.3 Å². The highest BCUT2D eigenvalue weighted by Gasteiger charge is 2.01. The summed E-state index contributed by atoms with van der Waals surface area (Å²) in [6.45, 7) is 0. The average molecular weight is 245 g/mol. The number of fused-ring (bicyclic) bond motifs is 1. The summed E-state index contributed by atoms with van der Waals surface area (Å²) in [7, 11) is 0. The van der Waals surface area contributed by atoms with Crippen molar-refractivity contribution < 1.29 is 9.90 Å². The van der Waals surface area contributed by atoms with E-state index in [1.54, 1.807) is 12.1 Å². The molecule has 0 aromatic heterocycles. The van der Waals surface area contributed by atoms with Crippen LogP contribution in [-0.2, 0) is 0 Å². The Morgan fingerprint density at radius 2 is 1.53 bits per heavy atom. The van der Waals surface area contributed by atoms with Gasteiger partial charge in [0.05, 0.1) is 5.56 Å². The molecule has 2 rings (SSSR count). The van der Waals surface area contributed by atoms with Crippen LogP contribution in [0.15, 0.2) is 42.5 Å². The van der Waals surface area contributed by atoms with Crippen LogP contribution in [0.1, 0.15) is 10.4 Å². The number of carboxylic acid groups (broad SMARTS) is 1. The van der Waals surface area contributed by atoms with Crippen LogP contribution in [0.4, 0.5) is 0 Å². The van der Waals surface area contributed by atoms with Gasteiger partial charge in [-0.05, 0) is 22.9 Å². The lowest BCUT2D eigenvalue weighted by Crippen LogP contribution is -1.94. The zero-order valence-electron chi connectivity index (χ0n) is 7.71. The van der Waals surface area contributed by atoms with Crippen LogP contribution in [0.2, 0.25) is 0 Å². The molecule has 0 heterocycles. The SMILES string of the molecule is Cl.Cl.O=C(O)c1ccc2ccccc2c1. The first-order valence-corrected chi connectivity index (χ1v) is 3.99. The summed E-state index contributed by atoms with van der Waals surface area (Å²) < 4.78 is 0. The molecule has 0 fully saturated rings. The first kappa shape index (κ1) is 13.8. The molecule has 0 aliphatic rings. The molecule has 0 saturated heterocycles. The Labute approximate surface area is 99.7 Å². The quantitative estimate of drug-likeness (QED) is 0.836. The van der Waals surface area contributed by atoms with E-state index in [1.165, 1.54) is 0 Å². The van der Waals surface area contributed by atoms with Crippen LogP contribution in [0, 0.1) is 0 Å². The van der Waals surface area contributed by atoms with Gasteiger partial charge in [0.15, 0.2) is 0 Å². The van der Waals surface area contributed by atoms with Crippen molar-refractivity contribution in [2.45, 2.75) is 0 Å². The van der Waals surface area contributed by atoms with Gasteiger partial charge in [0, 0.05) is 0 Å². The minimum atomic E-state index is -0.884. The molecule has 0 saturated carbocycles. The Balaban J connectivity index is 0.000000980. The Morgan fingerprint density at radius 1 is 0.933 bits per heavy atom. The van der Waals surface area contributed by atoms with E-state index < -0.39 is 5.97 Å². The first-order chi connectivity index (χ1) is 6.27. The summed E-state index contributed by atoms with van der Waals surface area (Å²) >= 11 is 0. The Morgan fingerprint density at radius 3 is 2.13 bits per heavy atom. The Kier molecular flexibility index (Phi) is 5.12. The molecule has 0 spiro atoms. The smallest absolute Gasteiger partial charge is 0.335 e. The lowest BCUT2D eigenvalue weighted by Gasteiger charge is -1.98. The molecular formula is C11H10Cl2O2. The van der Waals surface area contributed by atoms with E-state index in [9.17, 15) is 4.79 Å². The minimum absolute atomic E-state index is 0. The molecule has 2 nitrogen and oxygen atoms in total. The van der Waals surface area contributed by atoms with Gasteiger partial charge >= 0.3 is 5.97 Å². The first-order valence-electron chi connectivity index (χ1n) is 3.99. The maximum Gasteiger partial charge on any atom is 0.335 e. The zero-order valence-corrected chi connectivity index (χ0v) is 9.35. The molecule has 4 heteroatoms. The van der Waals surface area contributed by atoms with Crippen molar-refractivity contribution in [1.29, 1.82) is 0 Å². The van der Waals surface area contributed by atoms with E-state index >= 15 is 0 Å². The van der Waals surface area contributed by atoms with Crippen LogP contribution >= 0.6 is 24.8 Å². The number of aromatic carboxylic acids is 1. The third-order valence-electron chi connectivity index (χ3n) is 2.00. The van der Waals surface area contributed by atoms with E-state index in [0.717, 1.165) is 10.8 Å². The third-order valence-corrected chi connectivity index (χ3v) is 2.00. The van der Waals surface area contributed by atoms with Gasteiger partial charge in [-0.25, -0.2) is 4.79 Å². The van der Waals surface area contributed by atoms with Crippen molar-refractivity contribution in [2.75, 3.05) is 0 Å². The fourth-order valence-electron chi connectivity index (χ4n) is 1.32. The van der Waals surface area contributed by atoms with E-state index in [-0.39, 0.29) is 24.8 Å². The standard InChI is InChI=1S/C11H8O2.2ClH/c12-11(13)10-6-5-8-3-1-2-4-9(8)7-10;;/h1-7H,(H,12,13);2*1H. The van der Waals surface area contributed by atoms with Crippen LogP contribution < -0.4 is 0 Å². The molecular weight excluding hydrogens is 235 g/mol. The third kappa shape index (κ3) is 2.85. The Hall–Kier alpha value is -1.25. The van der Waals surface area contributed by atoms with Crippen LogP contribution in [0.25, 0.3) is 10.8 Å². The summed E-state index contributed by atoms with van der Waals surface area (Å²) in [4.78, 5) is 10.6. The minimum Gasteiger partial charge on any atom is -0.478 e. The molecule has 80 valence electrons. The maximum absolute atomic E-state index is 10.6. The van der Waals surface area contributed by atoms with Crippen molar-refractivity contribution in [3.05, 3.63) is 48.0 Å². The number of halogens is 2. The number of carbonyl (C=O) groups is 1. The van der Waals surface area contributed by atoms with E-state index in [2.05, 4.69) is 0 Å². The van der Waals surface area contributed by atoms with Gasteiger partial charge in [-0.3, -0.25) is 0 Å². The predicted molar refractivity (Wildman–Crippen MR) is 65.4 cm³/mol. The summed E-state index contributed by atoms with van der Waals surface area (Å²) in [5, 5.41) is 10.8. The molecule has 0 aliphatic carbocycles. The fourth-order valence-corrected chi connectivity index (χ4v) is 1.32. The maximum atomic E-state index is 10.6. The van der Waals surface area contributed by atoms with Crippen molar-refractivity contribution in [3.8, 4) is 0 Å². The second-order valence-electron chi connectivity index (χ2n) is 2.87. The van der Waals surface area contributed by atoms with Crippen LogP contribution in [0.5, 0.6) is 0 Å². The van der Waals surface area contributed by atoms with Gasteiger partial charge in [-0.15, -0.1) is 24.8 Å². The molecule has 2 aromatic rings. The predicted octanol–water partition coefficient (Wildman–Crippen LogP) is 3.38. The molecule has 2 aromatic carbocycles. The fraction of sp³-hybridized carbons (Fsp3) is 0. The molecule has 15 heavy (non-hydrogen) atoms. The highest BCUT2D eigenvalue weighted by Crippen LogP contribution is 2.15. The molecule has 0 amide bonds. The van der Waals surface area contributed by atoms with Gasteiger partial charge in [0.1, 0.15) is 0 Å². The van der Waals surface area contributed by atoms with Crippen molar-refractivity contribution >= 4 is 41.6 Å². The highest BCUT2D eigenvalue weighted by molar-refractivity contribution is 5.94. The molecule has 0 unspecified atom stereocenters. The number of hydrogen-bond donors (Lipinski definition) is 1. The monoisotopic (exact) mass is 244 g/mol. The van der Waals surface area contributed by atoms with Gasteiger partial charge in [0.25, 0.3) is 0 Å². The molecule has 0 atom stereocenters. The molecule has 0 radical (unpaired) electrons. The summed E-state index contributed by atoms with van der Waals surface area (Å²) in [6, 6.07) is 12.8. The lowest BCUT2D eigenvalue weighted by molar-refractivity contribution is 0.0697. The number of hydrogen-bond acceptors (Lipinski definition) is 1. The summed E-state index contributed by atoms with van der Waals surface area (Å²) in [5.41, 5.74) is 0.332. The highest BCUT2D eigenvalue weighted by atomic mass is 35.5. The van der Waals surface area contributed by atoms with Gasteiger partial charge in [0.2, 0.25) is 0 Å². The number of rotatable bonds is 1. The topological polar surface area (TPSA) is 37.3 Å². The van der Waals surface area contributed by atoms with Gasteiger partial charge in [-0.2, -0.15) is 0 Å². The van der Waals surface area contributed by atoms with Crippen molar-refractivity contribution in [2.24, 2.45) is 0 Å². The second kappa shape index (κ2) is 5.59. The number of carboxylic acids is 1. The van der Waals surface area contributed by atoms with Gasteiger partial charge < -0.3 is 5.11 Å². The lowest BCUT2D eigenvalue weighted by atomic mass is 10.1. The van der Waals surface area contributed by atoms with Crippen molar-refractivity contribution in [1.82, 2.24) is 0 Å². The normalized spacial score (nSPS) is 8.80. The van der Waals surface area contributed by atoms with Gasteiger partial charge in [-0.1, -0.05) is 30.3 Å². The zero-order chi connectivity index (χ0) is 9.26. The molecule has 0 bridgehead atoms. The van der Waals surface area contributed by atoms with E-state index in [0.29, 0.717) is 5.56 Å². The average Bonchev–Trinajstić information content (AvgIpc) is 2.17. The molecule has 1 N–H and O–H groups in total. The number of benzene rings is 2. The summed E-state index contributed by atoms with van der Waals surface area (Å²) in [5.74, 6) is -0.884. The largest absolute Gasteiger partial charge is 0.478 e. The Bertz CT molecular complexity index is 469. The van der Waals surface area contributed by atoms with Crippen LogP contribution in [0.3, 0.4) is 0 Å². The molecule has 0 aliphatic heterocycles. The second-order valence-corrected chi connectivity index (χ2v) is 2.87.